The maximum atomic E-state index is 5.45. The van der Waals surface area contributed by atoms with Crippen molar-refractivity contribution in [3.63, 3.8) is 0 Å². The quantitative estimate of drug-likeness (QED) is 0.686. The standard InChI is InChI=1S/C9H7N3S/c10-8(13)7-4-3-6-2-1-5-11-9(6)12-7/h1-5H,(H2,10,13). The first kappa shape index (κ1) is 8.07. The zero-order chi connectivity index (χ0) is 9.26. The molecule has 0 aliphatic rings. The van der Waals surface area contributed by atoms with E-state index in [9.17, 15) is 0 Å². The lowest BCUT2D eigenvalue weighted by Gasteiger charge is -1.98. The fourth-order valence-corrected chi connectivity index (χ4v) is 1.20. The maximum Gasteiger partial charge on any atom is 0.159 e. The number of thiocarbonyl (C=S) groups is 1. The zero-order valence-electron chi connectivity index (χ0n) is 6.77. The molecule has 0 saturated carbocycles. The van der Waals surface area contributed by atoms with Crippen LogP contribution in [0.1, 0.15) is 5.69 Å². The second-order valence-corrected chi connectivity index (χ2v) is 3.05. The van der Waals surface area contributed by atoms with Crippen molar-refractivity contribution in [1.82, 2.24) is 9.97 Å². The van der Waals surface area contributed by atoms with Crippen molar-refractivity contribution >= 4 is 28.2 Å². The van der Waals surface area contributed by atoms with Gasteiger partial charge in [-0.2, -0.15) is 0 Å². The maximum absolute atomic E-state index is 5.45. The second-order valence-electron chi connectivity index (χ2n) is 2.61. The summed E-state index contributed by atoms with van der Waals surface area (Å²) in [4.78, 5) is 8.59. The molecule has 2 rings (SSSR count). The summed E-state index contributed by atoms with van der Waals surface area (Å²) in [5.74, 6) is 0. The smallest absolute Gasteiger partial charge is 0.159 e. The molecular formula is C9H7N3S. The first-order valence-corrected chi connectivity index (χ1v) is 4.20. The molecule has 0 saturated heterocycles. The number of aromatic nitrogens is 2. The number of hydrogen-bond donors (Lipinski definition) is 1. The van der Waals surface area contributed by atoms with Crippen molar-refractivity contribution in [2.75, 3.05) is 0 Å². The topological polar surface area (TPSA) is 51.8 Å². The average molecular weight is 189 g/mol. The molecule has 3 nitrogen and oxygen atoms in total. The lowest BCUT2D eigenvalue weighted by molar-refractivity contribution is 1.27. The largest absolute Gasteiger partial charge is 0.388 e. The Labute approximate surface area is 80.6 Å². The molecule has 2 aromatic heterocycles. The van der Waals surface area contributed by atoms with Gasteiger partial charge in [0.1, 0.15) is 4.99 Å². The van der Waals surface area contributed by atoms with Crippen molar-refractivity contribution in [3.05, 3.63) is 36.2 Å². The van der Waals surface area contributed by atoms with E-state index in [2.05, 4.69) is 9.97 Å². The first-order valence-electron chi connectivity index (χ1n) is 3.79. The monoisotopic (exact) mass is 189 g/mol. The Kier molecular flexibility index (Phi) is 1.90. The minimum absolute atomic E-state index is 0.299. The molecule has 0 aliphatic carbocycles. The lowest BCUT2D eigenvalue weighted by atomic mass is 10.2. The molecule has 2 aromatic rings. The van der Waals surface area contributed by atoms with Gasteiger partial charge in [0.2, 0.25) is 0 Å². The van der Waals surface area contributed by atoms with Crippen LogP contribution >= 0.6 is 12.2 Å². The number of nitrogens with zero attached hydrogens (tertiary/aromatic N) is 2. The Morgan fingerprint density at radius 2 is 2.15 bits per heavy atom. The summed E-state index contributed by atoms with van der Waals surface area (Å²) in [6.07, 6.45) is 1.69. The Hall–Kier alpha value is -1.55. The first-order chi connectivity index (χ1) is 6.27. The van der Waals surface area contributed by atoms with Gasteiger partial charge >= 0.3 is 0 Å². The summed E-state index contributed by atoms with van der Waals surface area (Å²) in [5, 5.41) is 0.988. The number of nitrogens with two attached hydrogens (primary N) is 1. The van der Waals surface area contributed by atoms with E-state index < -0.39 is 0 Å². The van der Waals surface area contributed by atoms with E-state index in [1.165, 1.54) is 0 Å². The van der Waals surface area contributed by atoms with E-state index in [0.717, 1.165) is 5.39 Å². The Balaban J connectivity index is 2.69. The highest BCUT2D eigenvalue weighted by atomic mass is 32.1. The third kappa shape index (κ3) is 1.48. The third-order valence-corrected chi connectivity index (χ3v) is 1.93. The summed E-state index contributed by atoms with van der Waals surface area (Å²) >= 11 is 4.81. The van der Waals surface area contributed by atoms with Crippen molar-refractivity contribution in [1.29, 1.82) is 0 Å². The zero-order valence-corrected chi connectivity index (χ0v) is 7.58. The van der Waals surface area contributed by atoms with E-state index in [1.807, 2.05) is 18.2 Å². The van der Waals surface area contributed by atoms with Gasteiger partial charge in [-0.25, -0.2) is 9.97 Å². The van der Waals surface area contributed by atoms with Gasteiger partial charge < -0.3 is 5.73 Å². The van der Waals surface area contributed by atoms with E-state index in [4.69, 9.17) is 18.0 Å². The number of fused-ring (bicyclic) bond motifs is 1. The molecule has 4 heteroatoms. The predicted octanol–water partition coefficient (Wildman–Crippen LogP) is 1.26. The third-order valence-electron chi connectivity index (χ3n) is 1.72. The van der Waals surface area contributed by atoms with Crippen LogP contribution in [0.5, 0.6) is 0 Å². The summed E-state index contributed by atoms with van der Waals surface area (Å²) in [6, 6.07) is 7.51. The molecule has 0 atom stereocenters. The van der Waals surface area contributed by atoms with E-state index in [0.29, 0.717) is 16.3 Å². The molecule has 13 heavy (non-hydrogen) atoms. The van der Waals surface area contributed by atoms with E-state index >= 15 is 0 Å². The highest BCUT2D eigenvalue weighted by molar-refractivity contribution is 7.80. The SMILES string of the molecule is NC(=S)c1ccc2cccnc2n1. The number of pyridine rings is 2. The van der Waals surface area contributed by atoms with Gasteiger partial charge in [-0.05, 0) is 24.3 Å². The number of rotatable bonds is 1. The molecule has 2 N–H and O–H groups in total. The van der Waals surface area contributed by atoms with Crippen LogP contribution in [-0.2, 0) is 0 Å². The molecule has 0 fully saturated rings. The van der Waals surface area contributed by atoms with Crippen LogP contribution in [0.4, 0.5) is 0 Å². The normalized spacial score (nSPS) is 10.2. The Bertz CT molecular complexity index is 467. The van der Waals surface area contributed by atoms with Gasteiger partial charge in [0.05, 0.1) is 5.69 Å². The fraction of sp³-hybridized carbons (Fsp3) is 0. The van der Waals surface area contributed by atoms with Gasteiger partial charge in [-0.3, -0.25) is 0 Å². The molecule has 2 heterocycles. The molecule has 0 bridgehead atoms. The summed E-state index contributed by atoms with van der Waals surface area (Å²) in [7, 11) is 0. The molecule has 0 aromatic carbocycles. The number of hydrogen-bond acceptors (Lipinski definition) is 3. The van der Waals surface area contributed by atoms with Gasteiger partial charge in [0, 0.05) is 11.6 Å². The minimum atomic E-state index is 0.299. The van der Waals surface area contributed by atoms with Crippen molar-refractivity contribution in [2.45, 2.75) is 0 Å². The minimum Gasteiger partial charge on any atom is -0.388 e. The van der Waals surface area contributed by atoms with Gasteiger partial charge in [0.15, 0.2) is 5.65 Å². The van der Waals surface area contributed by atoms with Crippen LogP contribution in [0.2, 0.25) is 0 Å². The van der Waals surface area contributed by atoms with Crippen LogP contribution in [-0.4, -0.2) is 15.0 Å². The van der Waals surface area contributed by atoms with Crippen molar-refractivity contribution in [3.8, 4) is 0 Å². The predicted molar refractivity (Wildman–Crippen MR) is 55.4 cm³/mol. The molecule has 0 amide bonds. The molecule has 0 radical (unpaired) electrons. The molecule has 0 spiro atoms. The van der Waals surface area contributed by atoms with Crippen LogP contribution in [0.25, 0.3) is 11.0 Å². The Morgan fingerprint density at radius 1 is 1.31 bits per heavy atom. The summed E-state index contributed by atoms with van der Waals surface area (Å²) in [5.41, 5.74) is 6.73. The van der Waals surface area contributed by atoms with E-state index in [-0.39, 0.29) is 0 Å². The van der Waals surface area contributed by atoms with Crippen LogP contribution in [0, 0.1) is 0 Å². The molecule has 0 unspecified atom stereocenters. The summed E-state index contributed by atoms with van der Waals surface area (Å²) < 4.78 is 0. The van der Waals surface area contributed by atoms with Crippen LogP contribution < -0.4 is 5.73 Å². The fourth-order valence-electron chi connectivity index (χ4n) is 1.09. The average Bonchev–Trinajstić information content (AvgIpc) is 2.17. The Morgan fingerprint density at radius 3 is 2.92 bits per heavy atom. The van der Waals surface area contributed by atoms with Crippen molar-refractivity contribution in [2.24, 2.45) is 5.73 Å². The molecular weight excluding hydrogens is 182 g/mol. The van der Waals surface area contributed by atoms with Crippen LogP contribution in [0.15, 0.2) is 30.5 Å². The lowest BCUT2D eigenvalue weighted by Crippen LogP contribution is -2.11. The molecule has 64 valence electrons. The van der Waals surface area contributed by atoms with E-state index in [1.54, 1.807) is 12.3 Å². The highest BCUT2D eigenvalue weighted by Crippen LogP contribution is 2.08. The van der Waals surface area contributed by atoms with Crippen LogP contribution in [0.3, 0.4) is 0 Å². The second kappa shape index (κ2) is 3.06. The van der Waals surface area contributed by atoms with Gasteiger partial charge in [-0.1, -0.05) is 12.2 Å². The highest BCUT2D eigenvalue weighted by Gasteiger charge is 1.99. The molecule has 0 aliphatic heterocycles. The summed E-state index contributed by atoms with van der Waals surface area (Å²) in [6.45, 7) is 0. The van der Waals surface area contributed by atoms with Crippen molar-refractivity contribution < 1.29 is 0 Å². The van der Waals surface area contributed by atoms with Gasteiger partial charge in [-0.15, -0.1) is 0 Å². The van der Waals surface area contributed by atoms with Gasteiger partial charge in [0.25, 0.3) is 0 Å².